The lowest BCUT2D eigenvalue weighted by atomic mass is 9.53. The van der Waals surface area contributed by atoms with Crippen LogP contribution >= 0.6 is 0 Å². The third kappa shape index (κ3) is 7.66. The first kappa shape index (κ1) is 36.0. The van der Waals surface area contributed by atoms with Crippen LogP contribution in [-0.4, -0.2) is 29.4 Å². The highest BCUT2D eigenvalue weighted by Crippen LogP contribution is 2.35. The summed E-state index contributed by atoms with van der Waals surface area (Å²) in [5.74, 6) is 1.01. The quantitative estimate of drug-likeness (QED) is 0.257. The van der Waals surface area contributed by atoms with Gasteiger partial charge in [-0.1, -0.05) is 152 Å². The van der Waals surface area contributed by atoms with E-state index in [9.17, 15) is 0 Å². The third-order valence-corrected chi connectivity index (χ3v) is 8.79. The fraction of sp³-hybridized carbons (Fsp3) is 0.605. The van der Waals surface area contributed by atoms with E-state index in [4.69, 9.17) is 5.10 Å². The van der Waals surface area contributed by atoms with E-state index in [1.807, 2.05) is 0 Å². The minimum absolute atomic E-state index is 0.0351. The van der Waals surface area contributed by atoms with E-state index in [0.29, 0.717) is 17.8 Å². The van der Waals surface area contributed by atoms with Crippen LogP contribution in [0.15, 0.2) is 58.8 Å². The Bertz CT molecular complexity index is 1300. The Labute approximate surface area is 272 Å². The van der Waals surface area contributed by atoms with E-state index in [1.54, 1.807) is 0 Å². The molecule has 0 spiro atoms. The minimum atomic E-state index is -0.154. The number of allylic oxidation sites excluding steroid dienone is 2. The summed E-state index contributed by atoms with van der Waals surface area (Å²) in [4.78, 5) is 4.85. The van der Waals surface area contributed by atoms with Gasteiger partial charge in [-0.15, -0.1) is 0 Å². The molecule has 1 heterocycles. The van der Waals surface area contributed by atoms with Crippen LogP contribution in [0.1, 0.15) is 134 Å². The molecule has 1 fully saturated rings. The van der Waals surface area contributed by atoms with Crippen LogP contribution in [0.2, 0.25) is 0 Å². The number of hydrazine groups is 1. The maximum atomic E-state index is 5.68. The number of rotatable bonds is 7. The molecule has 2 aromatic rings. The Morgan fingerprint density at radius 1 is 0.705 bits per heavy atom. The van der Waals surface area contributed by atoms with Gasteiger partial charge >= 0.3 is 14.0 Å². The van der Waals surface area contributed by atoms with Gasteiger partial charge in [0, 0.05) is 11.4 Å². The van der Waals surface area contributed by atoms with Crippen molar-refractivity contribution < 1.29 is 0 Å². The van der Waals surface area contributed by atoms with Crippen molar-refractivity contribution in [1.29, 1.82) is 0 Å². The van der Waals surface area contributed by atoms with Crippen LogP contribution in [0, 0.1) is 17.8 Å². The van der Waals surface area contributed by atoms with E-state index >= 15 is 0 Å². The van der Waals surface area contributed by atoms with Crippen molar-refractivity contribution in [3.8, 4) is 0 Å². The third-order valence-electron chi connectivity index (χ3n) is 8.79. The molecule has 0 atom stereocenters. The van der Waals surface area contributed by atoms with Crippen LogP contribution in [0.25, 0.3) is 0 Å². The molecule has 44 heavy (non-hydrogen) atoms. The second-order valence-corrected chi connectivity index (χ2v) is 17.2. The largest absolute Gasteiger partial charge is 0.430 e. The van der Waals surface area contributed by atoms with Crippen molar-refractivity contribution >= 4 is 30.6 Å². The molecule has 1 saturated heterocycles. The number of hydrazone groups is 1. The van der Waals surface area contributed by atoms with Crippen LogP contribution in [0.4, 0.5) is 0 Å². The topological polar surface area (TPSA) is 30.9 Å². The Balaban J connectivity index is 2.57. The van der Waals surface area contributed by atoms with Gasteiger partial charge in [-0.05, 0) is 75.5 Å². The Morgan fingerprint density at radius 3 is 1.55 bits per heavy atom. The summed E-state index contributed by atoms with van der Waals surface area (Å²) in [6.07, 6.45) is 0. The van der Waals surface area contributed by atoms with E-state index in [-0.39, 0.29) is 30.2 Å². The monoisotopic (exact) mass is 597 g/mol. The van der Waals surface area contributed by atoms with Crippen LogP contribution in [-0.2, 0) is 16.2 Å². The summed E-state index contributed by atoms with van der Waals surface area (Å²) in [5, 5.41) is 9.81. The molecule has 1 N–H and O–H groups in total. The highest BCUT2D eigenvalue weighted by atomic mass is 15.6. The second kappa shape index (κ2) is 13.1. The van der Waals surface area contributed by atoms with E-state index in [0.717, 1.165) is 0 Å². The summed E-state index contributed by atoms with van der Waals surface area (Å²) in [6, 6.07) is 15.9. The van der Waals surface area contributed by atoms with E-state index in [1.165, 1.54) is 44.6 Å². The van der Waals surface area contributed by atoms with Gasteiger partial charge in [-0.25, -0.2) is 5.10 Å². The average molecular weight is 597 g/mol. The fourth-order valence-electron chi connectivity index (χ4n) is 6.71. The van der Waals surface area contributed by atoms with Crippen LogP contribution in [0.5, 0.6) is 0 Å². The number of benzene rings is 2. The molecule has 0 aliphatic carbocycles. The van der Waals surface area contributed by atoms with Crippen molar-refractivity contribution in [2.75, 3.05) is 0 Å². The Hall–Kier alpha value is -2.46. The van der Waals surface area contributed by atoms with Crippen molar-refractivity contribution in [2.45, 2.75) is 134 Å². The average Bonchev–Trinajstić information content (AvgIpc) is 3.22. The molecule has 0 radical (unpaired) electrons. The fourth-order valence-corrected chi connectivity index (χ4v) is 6.71. The molecule has 240 valence electrons. The van der Waals surface area contributed by atoms with Gasteiger partial charge in [-0.2, -0.15) is 0 Å². The lowest BCUT2D eigenvalue weighted by Crippen LogP contribution is -2.58. The molecule has 6 heteroatoms. The predicted octanol–water partition coefficient (Wildman–Crippen LogP) is 8.41. The van der Waals surface area contributed by atoms with E-state index in [2.05, 4.69) is 175 Å². The zero-order valence-electron chi connectivity index (χ0n) is 31.3. The van der Waals surface area contributed by atoms with Gasteiger partial charge in [0.1, 0.15) is 0 Å². The molecular weight excluding hydrogens is 534 g/mol. The lowest BCUT2D eigenvalue weighted by Gasteiger charge is -2.36. The number of hydrogen-bond acceptors (Lipinski definition) is 4. The summed E-state index contributed by atoms with van der Waals surface area (Å²) in [7, 11) is 0. The smallest absolute Gasteiger partial charge is 0.337 e. The van der Waals surface area contributed by atoms with Gasteiger partial charge in [0.15, 0.2) is 0 Å². The van der Waals surface area contributed by atoms with Crippen molar-refractivity contribution in [3.63, 3.8) is 0 Å². The molecule has 3 rings (SSSR count). The van der Waals surface area contributed by atoms with Crippen LogP contribution < -0.4 is 16.3 Å². The SMILES string of the molecule is CC(C)=C(C(C)C)N1NB(c2c(C(C)(C)C)cc(C(C)(C)C)cc2C(C)(C)C)N(N=C(C(C)C)C(C)C)B1c1ccccc1. The Morgan fingerprint density at radius 2 is 1.18 bits per heavy atom. The number of nitrogens with zero attached hydrogens (tertiary/aromatic N) is 3. The molecule has 0 amide bonds. The molecular formula is C38H62B2N4. The van der Waals surface area contributed by atoms with Crippen molar-refractivity contribution in [3.05, 3.63) is 70.4 Å². The number of nitrogens with one attached hydrogen (secondary N) is 1. The minimum Gasteiger partial charge on any atom is -0.337 e. The molecule has 1 aliphatic rings. The maximum Gasteiger partial charge on any atom is 0.430 e. The standard InChI is InChI=1S/C38H62B2N4/c1-25(2)34(26(3)4)41-44-39(42-43(35(27(5)6)28(7)8)40(44)30-21-19-18-20-22-30)33-31(37(12,13)14)23-29(36(9,10)11)24-32(33)38(15,16)17/h18-27,42H,1-17H3. The zero-order chi connectivity index (χ0) is 33.5. The molecule has 1 aliphatic heterocycles. The second-order valence-electron chi connectivity index (χ2n) is 17.2. The Kier molecular flexibility index (Phi) is 10.7. The summed E-state index contributed by atoms with van der Waals surface area (Å²) >= 11 is 0. The first-order chi connectivity index (χ1) is 20.1. The molecule has 0 aromatic heterocycles. The molecule has 0 bridgehead atoms. The molecule has 0 unspecified atom stereocenters. The van der Waals surface area contributed by atoms with Gasteiger partial charge in [0.25, 0.3) is 0 Å². The van der Waals surface area contributed by atoms with Crippen molar-refractivity contribution in [2.24, 2.45) is 22.9 Å². The normalized spacial score (nSPS) is 14.8. The van der Waals surface area contributed by atoms with Gasteiger partial charge in [-0.3, -0.25) is 5.34 Å². The van der Waals surface area contributed by atoms with Gasteiger partial charge in [0.2, 0.25) is 0 Å². The van der Waals surface area contributed by atoms with Crippen molar-refractivity contribution in [1.82, 2.24) is 15.1 Å². The summed E-state index contributed by atoms with van der Waals surface area (Å²) in [5.41, 5.74) is 10.5. The first-order valence-electron chi connectivity index (χ1n) is 16.9. The highest BCUT2D eigenvalue weighted by molar-refractivity contribution is 6.87. The van der Waals surface area contributed by atoms with Gasteiger partial charge in [0.05, 0.1) is 0 Å². The van der Waals surface area contributed by atoms with Crippen LogP contribution in [0.3, 0.4) is 0 Å². The molecule has 0 saturated carbocycles. The maximum absolute atomic E-state index is 5.68. The number of hydrogen-bond donors (Lipinski definition) is 1. The summed E-state index contributed by atoms with van der Waals surface area (Å²) in [6.45, 7) is 39.1. The van der Waals surface area contributed by atoms with E-state index < -0.39 is 0 Å². The highest BCUT2D eigenvalue weighted by Gasteiger charge is 2.52. The lowest BCUT2D eigenvalue weighted by molar-refractivity contribution is 0.439. The first-order valence-corrected chi connectivity index (χ1v) is 16.9. The summed E-state index contributed by atoms with van der Waals surface area (Å²) < 4.78 is 0. The molecule has 2 aromatic carbocycles. The van der Waals surface area contributed by atoms with Gasteiger partial charge < -0.3 is 9.75 Å². The molecule has 4 nitrogen and oxygen atoms in total. The zero-order valence-corrected chi connectivity index (χ0v) is 31.3. The predicted molar refractivity (Wildman–Crippen MR) is 197 cm³/mol.